The van der Waals surface area contributed by atoms with Crippen molar-refractivity contribution in [1.29, 1.82) is 0 Å². The van der Waals surface area contributed by atoms with Gasteiger partial charge >= 0.3 is 0 Å². The van der Waals surface area contributed by atoms with E-state index in [-0.39, 0.29) is 0 Å². The standard InChI is InChI=1S/C18H20S2/c1-2-19-10-11-20-13-15-7-5-9-17-16-8-4-3-6-14(16)12-18(15)17/h3-9H,2,10-13H2,1H3. The zero-order valence-electron chi connectivity index (χ0n) is 11.9. The Balaban J connectivity index is 1.73. The third-order valence-corrected chi connectivity index (χ3v) is 5.95. The molecular formula is C18H20S2. The maximum absolute atomic E-state index is 2.31. The fourth-order valence-corrected chi connectivity index (χ4v) is 4.67. The zero-order chi connectivity index (χ0) is 13.8. The van der Waals surface area contributed by atoms with E-state index in [9.17, 15) is 0 Å². The van der Waals surface area contributed by atoms with Crippen molar-refractivity contribution in [3.63, 3.8) is 0 Å². The largest absolute Gasteiger partial charge is 0.161 e. The van der Waals surface area contributed by atoms with E-state index in [0.717, 1.165) is 12.2 Å². The molecule has 1 aliphatic carbocycles. The van der Waals surface area contributed by atoms with Crippen molar-refractivity contribution in [1.82, 2.24) is 0 Å². The summed E-state index contributed by atoms with van der Waals surface area (Å²) in [6, 6.07) is 15.6. The second-order valence-electron chi connectivity index (χ2n) is 5.03. The van der Waals surface area contributed by atoms with E-state index in [1.54, 1.807) is 5.56 Å². The molecule has 0 spiro atoms. The maximum Gasteiger partial charge on any atom is 0.0187 e. The van der Waals surface area contributed by atoms with Crippen molar-refractivity contribution in [3.8, 4) is 11.1 Å². The lowest BCUT2D eigenvalue weighted by Crippen LogP contribution is -1.92. The van der Waals surface area contributed by atoms with E-state index in [1.165, 1.54) is 39.5 Å². The molecule has 2 heteroatoms. The Morgan fingerprint density at radius 3 is 2.60 bits per heavy atom. The highest BCUT2D eigenvalue weighted by Crippen LogP contribution is 2.38. The second kappa shape index (κ2) is 6.73. The van der Waals surface area contributed by atoms with Crippen LogP contribution in [0.1, 0.15) is 23.6 Å². The van der Waals surface area contributed by atoms with E-state index in [0.29, 0.717) is 0 Å². The van der Waals surface area contributed by atoms with Crippen molar-refractivity contribution in [2.75, 3.05) is 17.3 Å². The molecule has 1 aliphatic rings. The Morgan fingerprint density at radius 1 is 0.900 bits per heavy atom. The van der Waals surface area contributed by atoms with Gasteiger partial charge < -0.3 is 0 Å². The van der Waals surface area contributed by atoms with Crippen LogP contribution in [0.4, 0.5) is 0 Å². The van der Waals surface area contributed by atoms with Crippen LogP contribution in [0.15, 0.2) is 42.5 Å². The number of rotatable bonds is 6. The minimum absolute atomic E-state index is 1.12. The van der Waals surface area contributed by atoms with Crippen LogP contribution >= 0.6 is 23.5 Å². The van der Waals surface area contributed by atoms with Gasteiger partial charge in [-0.15, -0.1) is 0 Å². The lowest BCUT2D eigenvalue weighted by Gasteiger charge is -2.08. The normalized spacial score (nSPS) is 12.2. The van der Waals surface area contributed by atoms with Gasteiger partial charge in [0, 0.05) is 17.3 Å². The van der Waals surface area contributed by atoms with Crippen LogP contribution in [0, 0.1) is 0 Å². The third kappa shape index (κ3) is 2.91. The maximum atomic E-state index is 2.31. The van der Waals surface area contributed by atoms with E-state index < -0.39 is 0 Å². The molecule has 0 N–H and O–H groups in total. The first-order valence-corrected chi connectivity index (χ1v) is 9.55. The van der Waals surface area contributed by atoms with E-state index in [2.05, 4.69) is 61.2 Å². The number of benzene rings is 2. The van der Waals surface area contributed by atoms with Crippen LogP contribution in [0.3, 0.4) is 0 Å². The molecule has 2 aromatic rings. The first-order chi connectivity index (χ1) is 9.90. The van der Waals surface area contributed by atoms with Crippen molar-refractivity contribution in [2.24, 2.45) is 0 Å². The monoisotopic (exact) mass is 300 g/mol. The molecule has 0 saturated heterocycles. The Kier molecular flexibility index (Phi) is 4.74. The van der Waals surface area contributed by atoms with Gasteiger partial charge in [0.15, 0.2) is 0 Å². The molecule has 0 fully saturated rings. The van der Waals surface area contributed by atoms with Gasteiger partial charge in [0.1, 0.15) is 0 Å². The van der Waals surface area contributed by atoms with Crippen LogP contribution in [0.2, 0.25) is 0 Å². The molecule has 0 bridgehead atoms. The minimum atomic E-state index is 1.12. The van der Waals surface area contributed by atoms with Crippen LogP contribution in [-0.2, 0) is 12.2 Å². The van der Waals surface area contributed by atoms with Crippen molar-refractivity contribution in [3.05, 3.63) is 59.2 Å². The molecule has 0 aliphatic heterocycles. The molecule has 0 heterocycles. The van der Waals surface area contributed by atoms with Crippen molar-refractivity contribution in [2.45, 2.75) is 19.1 Å². The summed E-state index contributed by atoms with van der Waals surface area (Å²) < 4.78 is 0. The van der Waals surface area contributed by atoms with E-state index in [4.69, 9.17) is 0 Å². The van der Waals surface area contributed by atoms with E-state index in [1.807, 2.05) is 11.8 Å². The molecule has 0 unspecified atom stereocenters. The molecular weight excluding hydrogens is 280 g/mol. The smallest absolute Gasteiger partial charge is 0.0187 e. The highest BCUT2D eigenvalue weighted by Gasteiger charge is 2.19. The Labute approximate surface area is 130 Å². The zero-order valence-corrected chi connectivity index (χ0v) is 13.5. The highest BCUT2D eigenvalue weighted by molar-refractivity contribution is 8.02. The number of thioether (sulfide) groups is 2. The molecule has 0 radical (unpaired) electrons. The highest BCUT2D eigenvalue weighted by atomic mass is 32.2. The van der Waals surface area contributed by atoms with Crippen molar-refractivity contribution >= 4 is 23.5 Å². The molecule has 0 atom stereocenters. The van der Waals surface area contributed by atoms with Gasteiger partial charge in [0.05, 0.1) is 0 Å². The Morgan fingerprint density at radius 2 is 1.70 bits per heavy atom. The summed E-state index contributed by atoms with van der Waals surface area (Å²) in [7, 11) is 0. The van der Waals surface area contributed by atoms with Crippen LogP contribution < -0.4 is 0 Å². The molecule has 0 saturated carbocycles. The summed E-state index contributed by atoms with van der Waals surface area (Å²) in [5.74, 6) is 4.92. The Hall–Kier alpha value is -0.860. The molecule has 0 nitrogen and oxygen atoms in total. The molecule has 3 rings (SSSR count). The summed E-state index contributed by atoms with van der Waals surface area (Å²) in [4.78, 5) is 0. The number of hydrogen-bond acceptors (Lipinski definition) is 2. The van der Waals surface area contributed by atoms with Gasteiger partial charge in [-0.1, -0.05) is 49.4 Å². The van der Waals surface area contributed by atoms with Gasteiger partial charge in [-0.3, -0.25) is 0 Å². The van der Waals surface area contributed by atoms with Gasteiger partial charge in [-0.2, -0.15) is 23.5 Å². The van der Waals surface area contributed by atoms with E-state index >= 15 is 0 Å². The summed E-state index contributed by atoms with van der Waals surface area (Å²) in [6.45, 7) is 2.23. The predicted octanol–water partition coefficient (Wildman–Crippen LogP) is 5.24. The average molecular weight is 300 g/mol. The lowest BCUT2D eigenvalue weighted by molar-refractivity contribution is 1.20. The fourth-order valence-electron chi connectivity index (χ4n) is 2.80. The second-order valence-corrected chi connectivity index (χ2v) is 7.53. The molecule has 2 aromatic carbocycles. The SMILES string of the molecule is CCSCCSCc1cccc2c1Cc1ccccc1-2. The average Bonchev–Trinajstić information content (AvgIpc) is 2.87. The predicted molar refractivity (Wildman–Crippen MR) is 93.8 cm³/mol. The molecule has 20 heavy (non-hydrogen) atoms. The van der Waals surface area contributed by atoms with Gasteiger partial charge in [0.25, 0.3) is 0 Å². The van der Waals surface area contributed by atoms with Crippen molar-refractivity contribution < 1.29 is 0 Å². The van der Waals surface area contributed by atoms with Crippen LogP contribution in [0.5, 0.6) is 0 Å². The summed E-state index contributed by atoms with van der Waals surface area (Å²) in [5, 5.41) is 0. The molecule has 104 valence electrons. The first kappa shape index (κ1) is 14.1. The molecule has 0 aromatic heterocycles. The fraction of sp³-hybridized carbons (Fsp3) is 0.333. The summed E-state index contributed by atoms with van der Waals surface area (Å²) in [5.41, 5.74) is 7.48. The van der Waals surface area contributed by atoms with Gasteiger partial charge in [-0.05, 0) is 40.0 Å². The lowest BCUT2D eigenvalue weighted by atomic mass is 10.0. The quantitative estimate of drug-likeness (QED) is 0.571. The van der Waals surface area contributed by atoms with Gasteiger partial charge in [0.2, 0.25) is 0 Å². The topological polar surface area (TPSA) is 0 Å². The minimum Gasteiger partial charge on any atom is -0.161 e. The van der Waals surface area contributed by atoms with Crippen LogP contribution in [0.25, 0.3) is 11.1 Å². The number of hydrogen-bond donors (Lipinski definition) is 0. The number of fused-ring (bicyclic) bond motifs is 3. The Bertz CT molecular complexity index is 590. The summed E-state index contributed by atoms with van der Waals surface area (Å²) in [6.07, 6.45) is 1.12. The van der Waals surface area contributed by atoms with Gasteiger partial charge in [-0.25, -0.2) is 0 Å². The first-order valence-electron chi connectivity index (χ1n) is 7.24. The molecule has 0 amide bonds. The summed E-state index contributed by atoms with van der Waals surface area (Å²) >= 11 is 4.11. The third-order valence-electron chi connectivity index (χ3n) is 3.78. The van der Waals surface area contributed by atoms with Crippen LogP contribution in [-0.4, -0.2) is 17.3 Å².